The van der Waals surface area contributed by atoms with Crippen molar-refractivity contribution >= 4 is 5.69 Å². The fourth-order valence-electron chi connectivity index (χ4n) is 2.35. The molecule has 0 aromatic heterocycles. The van der Waals surface area contributed by atoms with Crippen molar-refractivity contribution in [2.75, 3.05) is 0 Å². The number of nitro benzene ring substituents is 1. The average molecular weight is 275 g/mol. The summed E-state index contributed by atoms with van der Waals surface area (Å²) in [5, 5.41) is 11.4. The summed E-state index contributed by atoms with van der Waals surface area (Å²) < 4.78 is 0. The molecule has 0 unspecified atom stereocenters. The molecule has 102 valence electrons. The summed E-state index contributed by atoms with van der Waals surface area (Å²) >= 11 is 0. The van der Waals surface area contributed by atoms with E-state index in [-0.39, 0.29) is 10.6 Å². The Kier molecular flexibility index (Phi) is 3.48. The van der Waals surface area contributed by atoms with E-state index in [1.54, 1.807) is 6.07 Å². The summed E-state index contributed by atoms with van der Waals surface area (Å²) in [4.78, 5) is 11.1. The van der Waals surface area contributed by atoms with Crippen molar-refractivity contribution in [2.45, 2.75) is 0 Å². The zero-order valence-corrected chi connectivity index (χ0v) is 11.3. The number of nitro groups is 1. The van der Waals surface area contributed by atoms with Gasteiger partial charge >= 0.3 is 0 Å². The van der Waals surface area contributed by atoms with Crippen LogP contribution in [0.2, 0.25) is 0 Å². The maximum absolute atomic E-state index is 11.4. The molecule has 0 fully saturated rings. The third-order valence-electron chi connectivity index (χ3n) is 3.39. The van der Waals surface area contributed by atoms with Gasteiger partial charge in [0.05, 0.1) is 10.5 Å². The van der Waals surface area contributed by atoms with Gasteiger partial charge in [0.25, 0.3) is 5.69 Å². The van der Waals surface area contributed by atoms with Crippen molar-refractivity contribution in [1.82, 2.24) is 0 Å². The van der Waals surface area contributed by atoms with Gasteiger partial charge in [0.15, 0.2) is 0 Å². The highest BCUT2D eigenvalue weighted by Crippen LogP contribution is 2.33. The van der Waals surface area contributed by atoms with Gasteiger partial charge in [0.2, 0.25) is 0 Å². The molecular weight excluding hydrogens is 262 g/mol. The van der Waals surface area contributed by atoms with E-state index in [4.69, 9.17) is 0 Å². The quantitative estimate of drug-likeness (QED) is 0.502. The van der Waals surface area contributed by atoms with E-state index >= 15 is 0 Å². The lowest BCUT2D eigenvalue weighted by molar-refractivity contribution is -0.384. The number of hydrogen-bond donors (Lipinski definition) is 0. The summed E-state index contributed by atoms with van der Waals surface area (Å²) in [6.07, 6.45) is 0. The van der Waals surface area contributed by atoms with Gasteiger partial charge in [0, 0.05) is 6.07 Å². The molecule has 3 nitrogen and oxygen atoms in total. The van der Waals surface area contributed by atoms with Crippen molar-refractivity contribution in [1.29, 1.82) is 0 Å². The van der Waals surface area contributed by atoms with Gasteiger partial charge in [-0.25, -0.2) is 0 Å². The van der Waals surface area contributed by atoms with Gasteiger partial charge in [0.1, 0.15) is 0 Å². The minimum absolute atomic E-state index is 0.127. The molecule has 21 heavy (non-hydrogen) atoms. The second-order valence-corrected chi connectivity index (χ2v) is 4.72. The SMILES string of the molecule is O=[N+]([O-])c1cc(-c2ccccc2)ccc1-c1ccccc1. The van der Waals surface area contributed by atoms with Crippen LogP contribution < -0.4 is 0 Å². The van der Waals surface area contributed by atoms with Gasteiger partial charge in [-0.1, -0.05) is 66.7 Å². The predicted octanol–water partition coefficient (Wildman–Crippen LogP) is 4.93. The van der Waals surface area contributed by atoms with Crippen LogP contribution in [0, 0.1) is 10.1 Å². The monoisotopic (exact) mass is 275 g/mol. The summed E-state index contributed by atoms with van der Waals surface area (Å²) in [6.45, 7) is 0. The molecule has 0 aliphatic carbocycles. The number of rotatable bonds is 3. The van der Waals surface area contributed by atoms with E-state index in [2.05, 4.69) is 0 Å². The number of nitrogens with zero attached hydrogens (tertiary/aromatic N) is 1. The zero-order valence-electron chi connectivity index (χ0n) is 11.3. The van der Waals surface area contributed by atoms with Crippen LogP contribution in [-0.4, -0.2) is 4.92 Å². The highest BCUT2D eigenvalue weighted by atomic mass is 16.6. The Balaban J connectivity index is 2.14. The van der Waals surface area contributed by atoms with Gasteiger partial charge < -0.3 is 0 Å². The van der Waals surface area contributed by atoms with E-state index in [0.29, 0.717) is 5.56 Å². The fraction of sp³-hybridized carbons (Fsp3) is 0. The van der Waals surface area contributed by atoms with Crippen LogP contribution >= 0.6 is 0 Å². The number of benzene rings is 3. The maximum Gasteiger partial charge on any atom is 0.277 e. The lowest BCUT2D eigenvalue weighted by atomic mass is 9.98. The zero-order chi connectivity index (χ0) is 14.7. The predicted molar refractivity (Wildman–Crippen MR) is 84.0 cm³/mol. The molecule has 3 aromatic carbocycles. The average Bonchev–Trinajstić information content (AvgIpc) is 2.56. The molecule has 0 amide bonds. The first-order valence-electron chi connectivity index (χ1n) is 6.65. The van der Waals surface area contributed by atoms with E-state index in [1.165, 1.54) is 0 Å². The molecule has 0 bridgehead atoms. The highest BCUT2D eigenvalue weighted by molar-refractivity contribution is 5.78. The van der Waals surface area contributed by atoms with Crippen LogP contribution in [0.5, 0.6) is 0 Å². The van der Waals surface area contributed by atoms with Gasteiger partial charge in [-0.05, 0) is 22.8 Å². The molecule has 3 heteroatoms. The smallest absolute Gasteiger partial charge is 0.258 e. The number of hydrogen-bond acceptors (Lipinski definition) is 2. The molecule has 0 aliphatic heterocycles. The van der Waals surface area contributed by atoms with E-state index in [0.717, 1.165) is 16.7 Å². The van der Waals surface area contributed by atoms with Crippen LogP contribution in [0.25, 0.3) is 22.3 Å². The minimum atomic E-state index is -0.325. The van der Waals surface area contributed by atoms with Crippen LogP contribution in [-0.2, 0) is 0 Å². The van der Waals surface area contributed by atoms with Gasteiger partial charge in [-0.3, -0.25) is 10.1 Å². The Labute approximate surface area is 122 Å². The Bertz CT molecular complexity index is 768. The minimum Gasteiger partial charge on any atom is -0.258 e. The van der Waals surface area contributed by atoms with Crippen molar-refractivity contribution < 1.29 is 4.92 Å². The van der Waals surface area contributed by atoms with Crippen molar-refractivity contribution in [3.63, 3.8) is 0 Å². The molecule has 0 saturated carbocycles. The van der Waals surface area contributed by atoms with Gasteiger partial charge in [-0.15, -0.1) is 0 Å². The standard InChI is InChI=1S/C18H13NO2/c20-19(21)18-13-16(14-7-3-1-4-8-14)11-12-17(18)15-9-5-2-6-10-15/h1-13H. The Morgan fingerprint density at radius 1 is 0.667 bits per heavy atom. The molecule has 3 rings (SSSR count). The van der Waals surface area contributed by atoms with Crippen LogP contribution in [0.15, 0.2) is 78.9 Å². The lowest BCUT2D eigenvalue weighted by Crippen LogP contribution is -1.93. The van der Waals surface area contributed by atoms with Crippen molar-refractivity contribution in [3.05, 3.63) is 89.0 Å². The summed E-state index contributed by atoms with van der Waals surface area (Å²) in [5.41, 5.74) is 3.44. The molecule has 0 heterocycles. The van der Waals surface area contributed by atoms with E-state index in [1.807, 2.05) is 72.8 Å². The molecule has 0 saturated heterocycles. The second kappa shape index (κ2) is 5.59. The van der Waals surface area contributed by atoms with Crippen LogP contribution in [0.1, 0.15) is 0 Å². The van der Waals surface area contributed by atoms with Crippen LogP contribution in [0.3, 0.4) is 0 Å². The lowest BCUT2D eigenvalue weighted by Gasteiger charge is -2.06. The Morgan fingerprint density at radius 2 is 1.24 bits per heavy atom. The topological polar surface area (TPSA) is 43.1 Å². The molecule has 0 radical (unpaired) electrons. The van der Waals surface area contributed by atoms with Crippen molar-refractivity contribution in [3.8, 4) is 22.3 Å². The Morgan fingerprint density at radius 3 is 1.81 bits per heavy atom. The molecule has 0 N–H and O–H groups in total. The van der Waals surface area contributed by atoms with Crippen LogP contribution in [0.4, 0.5) is 5.69 Å². The molecule has 3 aromatic rings. The summed E-state index contributed by atoms with van der Waals surface area (Å²) in [6, 6.07) is 24.5. The highest BCUT2D eigenvalue weighted by Gasteiger charge is 2.16. The first-order chi connectivity index (χ1) is 10.3. The summed E-state index contributed by atoms with van der Waals surface area (Å²) in [5.74, 6) is 0. The normalized spacial score (nSPS) is 10.3. The maximum atomic E-state index is 11.4. The third kappa shape index (κ3) is 2.67. The molecule has 0 aliphatic rings. The molecule has 0 atom stereocenters. The Hall–Kier alpha value is -2.94. The fourth-order valence-corrected chi connectivity index (χ4v) is 2.35. The van der Waals surface area contributed by atoms with Gasteiger partial charge in [-0.2, -0.15) is 0 Å². The molecule has 0 spiro atoms. The third-order valence-corrected chi connectivity index (χ3v) is 3.39. The van der Waals surface area contributed by atoms with Crippen molar-refractivity contribution in [2.24, 2.45) is 0 Å². The largest absolute Gasteiger partial charge is 0.277 e. The first-order valence-corrected chi connectivity index (χ1v) is 6.65. The summed E-state index contributed by atoms with van der Waals surface area (Å²) in [7, 11) is 0. The second-order valence-electron chi connectivity index (χ2n) is 4.72. The van der Waals surface area contributed by atoms with E-state index < -0.39 is 0 Å². The van der Waals surface area contributed by atoms with E-state index in [9.17, 15) is 10.1 Å². The molecular formula is C18H13NO2. The first kappa shape index (κ1) is 13.1.